The van der Waals surface area contributed by atoms with Crippen molar-refractivity contribution in [2.45, 2.75) is 26.9 Å². The third kappa shape index (κ3) is 6.08. The average Bonchev–Trinajstić information content (AvgIpc) is 2.67. The number of benzene rings is 2. The van der Waals surface area contributed by atoms with Gasteiger partial charge in [0.2, 0.25) is 0 Å². The molecule has 2 aromatic carbocycles. The van der Waals surface area contributed by atoms with Crippen molar-refractivity contribution in [2.24, 2.45) is 0 Å². The van der Waals surface area contributed by atoms with E-state index in [4.69, 9.17) is 4.74 Å². The molecule has 0 aromatic heterocycles. The highest BCUT2D eigenvalue weighted by Crippen LogP contribution is 2.13. The Kier molecular flexibility index (Phi) is 7.08. The van der Waals surface area contributed by atoms with Gasteiger partial charge in [-0.05, 0) is 68.3 Å². The maximum absolute atomic E-state index is 12.9. The van der Waals surface area contributed by atoms with Crippen molar-refractivity contribution in [3.63, 3.8) is 0 Å². The lowest BCUT2D eigenvalue weighted by Gasteiger charge is -2.15. The van der Waals surface area contributed by atoms with Gasteiger partial charge < -0.3 is 10.1 Å². The van der Waals surface area contributed by atoms with Crippen LogP contribution in [-0.4, -0.2) is 30.4 Å². The standard InChI is InChI=1S/C20H22FN3O4/c1-12-4-5-15(10-13(12)2)20(27)22-11-18(25)23-24-19(26)14(3)28-17-8-6-16(21)7-9-17/h4-10,14H,11H2,1-3H3,(H,22,27)(H,23,25)(H,24,26)/t14-/m1/s1. The molecular weight excluding hydrogens is 365 g/mol. The zero-order chi connectivity index (χ0) is 20.7. The first-order valence-electron chi connectivity index (χ1n) is 8.62. The number of carbonyl (C=O) groups excluding carboxylic acids is 3. The van der Waals surface area contributed by atoms with E-state index in [0.29, 0.717) is 11.3 Å². The van der Waals surface area contributed by atoms with Gasteiger partial charge in [0.15, 0.2) is 6.10 Å². The number of amides is 3. The molecule has 148 valence electrons. The van der Waals surface area contributed by atoms with Crippen LogP contribution in [0.25, 0.3) is 0 Å². The van der Waals surface area contributed by atoms with Crippen molar-refractivity contribution < 1.29 is 23.5 Å². The molecule has 0 aliphatic heterocycles. The highest BCUT2D eigenvalue weighted by Gasteiger charge is 2.16. The fourth-order valence-corrected chi connectivity index (χ4v) is 2.19. The second-order valence-electron chi connectivity index (χ2n) is 6.23. The Morgan fingerprint density at radius 1 is 1.00 bits per heavy atom. The summed E-state index contributed by atoms with van der Waals surface area (Å²) in [5.41, 5.74) is 6.88. The number of hydrogen-bond donors (Lipinski definition) is 3. The molecule has 28 heavy (non-hydrogen) atoms. The predicted octanol–water partition coefficient (Wildman–Crippen LogP) is 1.79. The largest absolute Gasteiger partial charge is 0.481 e. The van der Waals surface area contributed by atoms with Crippen LogP contribution in [0, 0.1) is 19.7 Å². The monoisotopic (exact) mass is 387 g/mol. The summed E-state index contributed by atoms with van der Waals surface area (Å²) in [5.74, 6) is -1.69. The Labute approximate surface area is 162 Å². The molecule has 7 nitrogen and oxygen atoms in total. The Morgan fingerprint density at radius 3 is 2.32 bits per heavy atom. The van der Waals surface area contributed by atoms with Crippen molar-refractivity contribution in [1.29, 1.82) is 0 Å². The number of nitrogens with one attached hydrogen (secondary N) is 3. The van der Waals surface area contributed by atoms with Gasteiger partial charge in [-0.15, -0.1) is 0 Å². The number of carbonyl (C=O) groups is 3. The first kappa shape index (κ1) is 20.9. The minimum absolute atomic E-state index is 0.306. The first-order valence-corrected chi connectivity index (χ1v) is 8.62. The van der Waals surface area contributed by atoms with Crippen LogP contribution < -0.4 is 20.9 Å². The lowest BCUT2D eigenvalue weighted by atomic mass is 10.1. The molecule has 1 atom stereocenters. The minimum atomic E-state index is -0.920. The summed E-state index contributed by atoms with van der Waals surface area (Å²) in [6.45, 7) is 5.00. The molecule has 3 N–H and O–H groups in total. The van der Waals surface area contributed by atoms with E-state index in [1.807, 2.05) is 19.9 Å². The molecule has 0 aliphatic carbocycles. The SMILES string of the molecule is Cc1ccc(C(=O)NCC(=O)NNC(=O)[C@@H](C)Oc2ccc(F)cc2)cc1C. The lowest BCUT2D eigenvalue weighted by molar-refractivity contribution is -0.132. The van der Waals surface area contributed by atoms with Gasteiger partial charge >= 0.3 is 0 Å². The van der Waals surface area contributed by atoms with E-state index < -0.39 is 29.6 Å². The normalized spacial score (nSPS) is 11.3. The fraction of sp³-hybridized carbons (Fsp3) is 0.250. The molecule has 0 aliphatic rings. The number of aryl methyl sites for hydroxylation is 2. The number of ether oxygens (including phenoxy) is 1. The Hall–Kier alpha value is -3.42. The third-order valence-electron chi connectivity index (χ3n) is 4.00. The summed E-state index contributed by atoms with van der Waals surface area (Å²) in [6.07, 6.45) is -0.920. The molecular formula is C20H22FN3O4. The molecule has 0 radical (unpaired) electrons. The molecule has 0 saturated carbocycles. The second-order valence-corrected chi connectivity index (χ2v) is 6.23. The van der Waals surface area contributed by atoms with Crippen molar-refractivity contribution in [2.75, 3.05) is 6.54 Å². The summed E-state index contributed by atoms with van der Waals surface area (Å²) in [6, 6.07) is 10.4. The van der Waals surface area contributed by atoms with Gasteiger partial charge in [0.25, 0.3) is 17.7 Å². The van der Waals surface area contributed by atoms with E-state index in [-0.39, 0.29) is 6.54 Å². The van der Waals surface area contributed by atoms with Crippen molar-refractivity contribution in [1.82, 2.24) is 16.2 Å². The molecule has 0 fully saturated rings. The molecule has 0 bridgehead atoms. The summed E-state index contributed by atoms with van der Waals surface area (Å²) < 4.78 is 18.2. The van der Waals surface area contributed by atoms with Crippen LogP contribution >= 0.6 is 0 Å². The van der Waals surface area contributed by atoms with Crippen LogP contribution in [-0.2, 0) is 9.59 Å². The minimum Gasteiger partial charge on any atom is -0.481 e. The highest BCUT2D eigenvalue weighted by molar-refractivity contribution is 5.96. The Balaban J connectivity index is 1.75. The molecule has 0 saturated heterocycles. The maximum atomic E-state index is 12.9. The number of hydrazine groups is 1. The van der Waals surface area contributed by atoms with Crippen molar-refractivity contribution >= 4 is 17.7 Å². The smallest absolute Gasteiger partial charge is 0.279 e. The lowest BCUT2D eigenvalue weighted by Crippen LogP contribution is -2.50. The summed E-state index contributed by atoms with van der Waals surface area (Å²) in [7, 11) is 0. The van der Waals surface area contributed by atoms with Gasteiger partial charge in [-0.2, -0.15) is 0 Å². The number of halogens is 1. The molecule has 3 amide bonds. The van der Waals surface area contributed by atoms with E-state index in [2.05, 4.69) is 16.2 Å². The van der Waals surface area contributed by atoms with Crippen LogP contribution in [0.5, 0.6) is 5.75 Å². The van der Waals surface area contributed by atoms with Gasteiger partial charge in [0.05, 0.1) is 6.54 Å². The van der Waals surface area contributed by atoms with Crippen LogP contribution in [0.1, 0.15) is 28.4 Å². The summed E-state index contributed by atoms with van der Waals surface area (Å²) in [4.78, 5) is 35.8. The quantitative estimate of drug-likeness (QED) is 0.659. The fourth-order valence-electron chi connectivity index (χ4n) is 2.19. The van der Waals surface area contributed by atoms with Gasteiger partial charge in [0.1, 0.15) is 11.6 Å². The topological polar surface area (TPSA) is 96.5 Å². The van der Waals surface area contributed by atoms with E-state index in [1.165, 1.54) is 31.2 Å². The molecule has 2 rings (SSSR count). The molecule has 2 aromatic rings. The molecule has 0 unspecified atom stereocenters. The molecule has 0 heterocycles. The first-order chi connectivity index (χ1) is 13.3. The van der Waals surface area contributed by atoms with Gasteiger partial charge in [0, 0.05) is 5.56 Å². The van der Waals surface area contributed by atoms with E-state index in [0.717, 1.165) is 11.1 Å². The molecule has 8 heteroatoms. The van der Waals surface area contributed by atoms with Crippen molar-refractivity contribution in [3.8, 4) is 5.75 Å². The van der Waals surface area contributed by atoms with Crippen LogP contribution in [0.3, 0.4) is 0 Å². The Bertz CT molecular complexity index is 868. The second kappa shape index (κ2) is 9.50. The zero-order valence-electron chi connectivity index (χ0n) is 15.8. The number of hydrogen-bond acceptors (Lipinski definition) is 4. The summed E-state index contributed by atoms with van der Waals surface area (Å²) in [5, 5.41) is 2.47. The van der Waals surface area contributed by atoms with Gasteiger partial charge in [-0.25, -0.2) is 4.39 Å². The van der Waals surface area contributed by atoms with Crippen LogP contribution in [0.4, 0.5) is 4.39 Å². The number of rotatable bonds is 6. The van der Waals surface area contributed by atoms with E-state index in [9.17, 15) is 18.8 Å². The highest BCUT2D eigenvalue weighted by atomic mass is 19.1. The van der Waals surface area contributed by atoms with Crippen LogP contribution in [0.2, 0.25) is 0 Å². The zero-order valence-corrected chi connectivity index (χ0v) is 15.8. The summed E-state index contributed by atoms with van der Waals surface area (Å²) >= 11 is 0. The maximum Gasteiger partial charge on any atom is 0.279 e. The van der Waals surface area contributed by atoms with E-state index >= 15 is 0 Å². The van der Waals surface area contributed by atoms with Crippen molar-refractivity contribution in [3.05, 3.63) is 65.0 Å². The van der Waals surface area contributed by atoms with Gasteiger partial charge in [-0.3, -0.25) is 25.2 Å². The Morgan fingerprint density at radius 2 is 1.68 bits per heavy atom. The van der Waals surface area contributed by atoms with E-state index in [1.54, 1.807) is 12.1 Å². The average molecular weight is 387 g/mol. The third-order valence-corrected chi connectivity index (χ3v) is 4.00. The predicted molar refractivity (Wildman–Crippen MR) is 101 cm³/mol. The van der Waals surface area contributed by atoms with Gasteiger partial charge in [-0.1, -0.05) is 6.07 Å². The van der Waals surface area contributed by atoms with Crippen LogP contribution in [0.15, 0.2) is 42.5 Å². The molecule has 0 spiro atoms.